The van der Waals surface area contributed by atoms with Crippen LogP contribution in [0.4, 0.5) is 11.4 Å². The third-order valence-corrected chi connectivity index (χ3v) is 11.6. The van der Waals surface area contributed by atoms with Gasteiger partial charge < -0.3 is 20.9 Å². The van der Waals surface area contributed by atoms with Crippen molar-refractivity contribution in [2.24, 2.45) is 16.5 Å². The lowest BCUT2D eigenvalue weighted by atomic mass is 10.1. The van der Waals surface area contributed by atoms with E-state index >= 15 is 0 Å². The van der Waals surface area contributed by atoms with E-state index in [1.165, 1.54) is 67.4 Å². The van der Waals surface area contributed by atoms with Gasteiger partial charge in [-0.05, 0) is 72.9 Å². The third-order valence-electron chi connectivity index (χ3n) is 6.98. The lowest BCUT2D eigenvalue weighted by Crippen LogP contribution is -2.39. The van der Waals surface area contributed by atoms with Gasteiger partial charge in [-0.25, -0.2) is 21.8 Å². The van der Waals surface area contributed by atoms with Crippen LogP contribution in [0.1, 0.15) is 0 Å². The van der Waals surface area contributed by atoms with Crippen LogP contribution in [0.2, 0.25) is 0 Å². The molecule has 17 heteroatoms. The molecular formula is C32H33N5O8S4. The number of hydrogen-bond donors (Lipinski definition) is 2. The summed E-state index contributed by atoms with van der Waals surface area (Å²) in [6, 6.07) is 20.8. The molecule has 0 saturated heterocycles. The summed E-state index contributed by atoms with van der Waals surface area (Å²) in [5.41, 5.74) is 11.1. The number of rotatable bonds is 18. The molecule has 4 rings (SSSR count). The molecule has 0 spiro atoms. The van der Waals surface area contributed by atoms with Crippen LogP contribution in [0.5, 0.6) is 5.75 Å². The Labute approximate surface area is 294 Å². The van der Waals surface area contributed by atoms with Crippen LogP contribution in [-0.2, 0) is 34.4 Å². The van der Waals surface area contributed by atoms with E-state index in [2.05, 4.69) is 22.4 Å². The van der Waals surface area contributed by atoms with Crippen LogP contribution in [0, 0.1) is 0 Å². The molecular weight excluding hydrogens is 711 g/mol. The Hall–Kier alpha value is -4.51. The van der Waals surface area contributed by atoms with E-state index in [1.807, 2.05) is 0 Å². The van der Waals surface area contributed by atoms with E-state index in [-0.39, 0.29) is 31.9 Å². The molecule has 0 aliphatic heterocycles. The van der Waals surface area contributed by atoms with Crippen LogP contribution < -0.4 is 24.8 Å². The highest BCUT2D eigenvalue weighted by Crippen LogP contribution is 2.38. The zero-order valence-electron chi connectivity index (χ0n) is 26.2. The standard InChI is InChI=1S/C32H33N5O8S4/c1-44-23-6-10-25(11-7-23)48(40,41)36(20-31(33)38)29-14-15-30(28-5-3-2-4-27(28)29)37(21-32(34)39)49(42,43)26-12-8-24(9-13-26)47-19-18-45-17-16-35-22-46/h2-15H,16-21H2,1H3,(H2,33,38)(H2,34,39). The quantitative estimate of drug-likeness (QED) is 0.0661. The maximum Gasteiger partial charge on any atom is 0.264 e. The number of sulfonamides is 2. The van der Waals surface area contributed by atoms with Crippen LogP contribution in [0.25, 0.3) is 10.8 Å². The van der Waals surface area contributed by atoms with Gasteiger partial charge in [0.2, 0.25) is 11.8 Å². The first-order chi connectivity index (χ1) is 23.4. The number of anilines is 2. The number of thiocarbonyl (C=S) groups is 1. The summed E-state index contributed by atoms with van der Waals surface area (Å²) in [4.78, 5) is 28.8. The first-order valence-corrected chi connectivity index (χ1v) is 18.8. The summed E-state index contributed by atoms with van der Waals surface area (Å²) < 4.78 is 68.2. The fourth-order valence-electron chi connectivity index (χ4n) is 4.77. The van der Waals surface area contributed by atoms with Crippen molar-refractivity contribution >= 4 is 83.1 Å². The van der Waals surface area contributed by atoms with E-state index in [4.69, 9.17) is 20.9 Å². The van der Waals surface area contributed by atoms with Gasteiger partial charge >= 0.3 is 0 Å². The normalized spacial score (nSPS) is 11.4. The Morgan fingerprint density at radius 1 is 0.776 bits per heavy atom. The van der Waals surface area contributed by atoms with Gasteiger partial charge in [0, 0.05) is 21.4 Å². The number of carbonyl (C=O) groups is 2. The molecule has 13 nitrogen and oxygen atoms in total. The molecule has 0 aliphatic carbocycles. The second-order valence-corrected chi connectivity index (χ2v) is 15.3. The van der Waals surface area contributed by atoms with Crippen LogP contribution in [0.15, 0.2) is 105 Å². The molecule has 0 aliphatic rings. The maximum atomic E-state index is 14.1. The Morgan fingerprint density at radius 3 is 1.71 bits per heavy atom. The van der Waals surface area contributed by atoms with E-state index in [1.54, 1.807) is 36.4 Å². The van der Waals surface area contributed by atoms with Crippen LogP contribution in [-0.4, -0.2) is 79.5 Å². The predicted octanol–water partition coefficient (Wildman–Crippen LogP) is 3.42. The molecule has 0 heterocycles. The molecule has 4 aromatic carbocycles. The van der Waals surface area contributed by atoms with Crippen molar-refractivity contribution < 1.29 is 35.9 Å². The summed E-state index contributed by atoms with van der Waals surface area (Å²) >= 11 is 5.98. The van der Waals surface area contributed by atoms with Gasteiger partial charge in [0.1, 0.15) is 18.8 Å². The van der Waals surface area contributed by atoms with Crippen molar-refractivity contribution in [1.82, 2.24) is 0 Å². The fourth-order valence-corrected chi connectivity index (χ4v) is 8.53. The molecule has 4 aromatic rings. The topological polar surface area (TPSA) is 192 Å². The number of aliphatic imine (C=N–C) groups is 1. The molecule has 0 atom stereocenters. The smallest absolute Gasteiger partial charge is 0.264 e. The molecule has 0 radical (unpaired) electrons. The third kappa shape index (κ3) is 9.14. The number of ether oxygens (including phenoxy) is 2. The lowest BCUT2D eigenvalue weighted by molar-refractivity contribution is -0.117. The Balaban J connectivity index is 1.72. The lowest BCUT2D eigenvalue weighted by Gasteiger charge is -2.28. The molecule has 0 saturated carbocycles. The van der Waals surface area contributed by atoms with E-state index in [0.29, 0.717) is 31.3 Å². The van der Waals surface area contributed by atoms with Crippen LogP contribution in [0.3, 0.4) is 0 Å². The minimum Gasteiger partial charge on any atom is -0.497 e. The number of fused-ring (bicyclic) bond motifs is 1. The van der Waals surface area contributed by atoms with Gasteiger partial charge in [0.15, 0.2) is 0 Å². The SMILES string of the molecule is COc1ccc(S(=O)(=O)N(CC(N)=O)c2ccc(N(CC(N)=O)S(=O)(=O)c3ccc(SCCOCCN=C=S)cc3)c3ccccc23)cc1. The first-order valence-electron chi connectivity index (χ1n) is 14.5. The number of nitrogens with two attached hydrogens (primary N) is 2. The van der Waals surface area contributed by atoms with Crippen molar-refractivity contribution in [3.8, 4) is 5.75 Å². The molecule has 258 valence electrons. The number of isothiocyanates is 1. The summed E-state index contributed by atoms with van der Waals surface area (Å²) in [5.74, 6) is -0.804. The predicted molar refractivity (Wildman–Crippen MR) is 192 cm³/mol. The molecule has 0 aromatic heterocycles. The monoisotopic (exact) mass is 743 g/mol. The second kappa shape index (κ2) is 16.7. The molecule has 0 bridgehead atoms. The number of primary amides is 2. The van der Waals surface area contributed by atoms with Crippen molar-refractivity contribution in [2.75, 3.05) is 54.3 Å². The number of nitrogens with zero attached hydrogens (tertiary/aromatic N) is 3. The fraction of sp³-hybridized carbons (Fsp3) is 0.219. The summed E-state index contributed by atoms with van der Waals surface area (Å²) in [5, 5.41) is 2.81. The van der Waals surface area contributed by atoms with E-state index < -0.39 is 45.0 Å². The average molecular weight is 744 g/mol. The zero-order chi connectivity index (χ0) is 35.6. The van der Waals surface area contributed by atoms with Gasteiger partial charge in [-0.3, -0.25) is 18.2 Å². The van der Waals surface area contributed by atoms with Gasteiger partial charge in [-0.2, -0.15) is 0 Å². The Bertz CT molecular complexity index is 2070. The molecule has 0 unspecified atom stereocenters. The Kier molecular flexibility index (Phi) is 12.7. The van der Waals surface area contributed by atoms with Crippen molar-refractivity contribution in [3.63, 3.8) is 0 Å². The molecule has 49 heavy (non-hydrogen) atoms. The molecule has 0 fully saturated rings. The number of methoxy groups -OCH3 is 1. The Morgan fingerprint density at radius 2 is 1.27 bits per heavy atom. The second-order valence-electron chi connectivity index (χ2n) is 10.2. The summed E-state index contributed by atoms with van der Waals surface area (Å²) in [6.07, 6.45) is 0. The van der Waals surface area contributed by atoms with Crippen molar-refractivity contribution in [3.05, 3.63) is 84.9 Å². The van der Waals surface area contributed by atoms with Crippen LogP contribution >= 0.6 is 24.0 Å². The van der Waals surface area contributed by atoms with E-state index in [9.17, 15) is 26.4 Å². The van der Waals surface area contributed by atoms with Gasteiger partial charge in [-0.1, -0.05) is 24.3 Å². The number of amides is 2. The maximum absolute atomic E-state index is 14.1. The zero-order valence-corrected chi connectivity index (χ0v) is 29.5. The highest BCUT2D eigenvalue weighted by molar-refractivity contribution is 7.99. The van der Waals surface area contributed by atoms with Gasteiger partial charge in [0.05, 0.1) is 53.2 Å². The molecule has 4 N–H and O–H groups in total. The number of carbonyl (C=O) groups excluding carboxylic acids is 2. The van der Waals surface area contributed by atoms with E-state index in [0.717, 1.165) is 13.5 Å². The minimum atomic E-state index is -4.37. The summed E-state index contributed by atoms with van der Waals surface area (Å²) in [6.45, 7) is -0.128. The number of hydrogen-bond acceptors (Lipinski definition) is 11. The molecule has 2 amide bonds. The number of thioether (sulfide) groups is 1. The number of benzene rings is 4. The highest BCUT2D eigenvalue weighted by Gasteiger charge is 2.31. The minimum absolute atomic E-state index is 0.0576. The first kappa shape index (κ1) is 37.3. The summed E-state index contributed by atoms with van der Waals surface area (Å²) in [7, 11) is -7.29. The van der Waals surface area contributed by atoms with Gasteiger partial charge in [0.25, 0.3) is 20.0 Å². The van der Waals surface area contributed by atoms with Crippen molar-refractivity contribution in [1.29, 1.82) is 0 Å². The largest absolute Gasteiger partial charge is 0.497 e. The van der Waals surface area contributed by atoms with Crippen molar-refractivity contribution in [2.45, 2.75) is 14.7 Å². The van der Waals surface area contributed by atoms with Gasteiger partial charge in [-0.15, -0.1) is 11.8 Å². The average Bonchev–Trinajstić information content (AvgIpc) is 3.09. The highest BCUT2D eigenvalue weighted by atomic mass is 32.2.